The van der Waals surface area contributed by atoms with Gasteiger partial charge in [-0.2, -0.15) is 4.31 Å². The fraction of sp³-hybridized carbons (Fsp3) is 0.333. The van der Waals surface area contributed by atoms with Gasteiger partial charge >= 0.3 is 0 Å². The molecule has 3 nitrogen and oxygen atoms in total. The Hall–Kier alpha value is -1.79. The van der Waals surface area contributed by atoms with Crippen LogP contribution in [0.15, 0.2) is 41.3 Å². The minimum Gasteiger partial charge on any atom is -0.207 e. The van der Waals surface area contributed by atoms with Crippen LogP contribution in [0.25, 0.3) is 0 Å². The van der Waals surface area contributed by atoms with Crippen LogP contribution in [0, 0.1) is 25.5 Å². The normalized spacial score (nSPS) is 18.9. The van der Waals surface area contributed by atoms with Gasteiger partial charge in [0.25, 0.3) is 0 Å². The molecule has 1 aliphatic rings. The Balaban J connectivity index is 2.01. The fourth-order valence-electron chi connectivity index (χ4n) is 3.24. The van der Waals surface area contributed by atoms with E-state index in [2.05, 4.69) is 0 Å². The van der Waals surface area contributed by atoms with E-state index >= 15 is 0 Å². The second-order valence-corrected chi connectivity index (χ2v) is 8.09. The topological polar surface area (TPSA) is 37.4 Å². The molecule has 0 radical (unpaired) electrons. The average molecular weight is 351 g/mol. The Morgan fingerprint density at radius 2 is 1.62 bits per heavy atom. The molecule has 0 amide bonds. The van der Waals surface area contributed by atoms with Crippen LogP contribution in [0.1, 0.15) is 35.6 Å². The summed E-state index contributed by atoms with van der Waals surface area (Å²) in [6.07, 6.45) is 1.42. The highest BCUT2D eigenvalue weighted by Gasteiger charge is 2.36. The molecular formula is C18H19F2NO2S. The number of sulfonamides is 1. The van der Waals surface area contributed by atoms with Crippen LogP contribution in [-0.4, -0.2) is 19.3 Å². The third-order valence-corrected chi connectivity index (χ3v) is 6.36. The van der Waals surface area contributed by atoms with E-state index in [0.717, 1.165) is 12.0 Å². The molecule has 1 aliphatic heterocycles. The zero-order valence-electron chi connectivity index (χ0n) is 13.6. The highest BCUT2D eigenvalue weighted by Crippen LogP contribution is 2.37. The first-order valence-electron chi connectivity index (χ1n) is 7.85. The number of halogens is 2. The summed E-state index contributed by atoms with van der Waals surface area (Å²) in [5.41, 5.74) is 1.39. The van der Waals surface area contributed by atoms with Gasteiger partial charge in [0.05, 0.1) is 10.9 Å². The van der Waals surface area contributed by atoms with Gasteiger partial charge < -0.3 is 0 Å². The van der Waals surface area contributed by atoms with Crippen LogP contribution in [0.4, 0.5) is 8.78 Å². The lowest BCUT2D eigenvalue weighted by molar-refractivity contribution is 0.396. The summed E-state index contributed by atoms with van der Waals surface area (Å²) in [5.74, 6) is -0.735. The Morgan fingerprint density at radius 1 is 1.04 bits per heavy atom. The second kappa shape index (κ2) is 6.26. The standard InChI is InChI=1S/C18H19F2NO2S/c1-12-10-16(11-13(2)18(12)20)24(22,23)21-9-3-4-17(21)14-5-7-15(19)8-6-14/h5-8,10-11,17H,3-4,9H2,1-2H3/t17-/m0/s1. The van der Waals surface area contributed by atoms with E-state index < -0.39 is 10.0 Å². The Morgan fingerprint density at radius 3 is 2.21 bits per heavy atom. The van der Waals surface area contributed by atoms with Crippen LogP contribution < -0.4 is 0 Å². The van der Waals surface area contributed by atoms with Crippen molar-refractivity contribution in [2.45, 2.75) is 37.6 Å². The van der Waals surface area contributed by atoms with E-state index in [1.807, 2.05) is 0 Å². The fourth-order valence-corrected chi connectivity index (χ4v) is 5.09. The van der Waals surface area contributed by atoms with E-state index in [0.29, 0.717) is 24.1 Å². The lowest BCUT2D eigenvalue weighted by Crippen LogP contribution is -2.30. The van der Waals surface area contributed by atoms with Crippen LogP contribution in [0.3, 0.4) is 0 Å². The Kier molecular flexibility index (Phi) is 4.44. The molecule has 1 fully saturated rings. The first-order chi connectivity index (χ1) is 11.3. The summed E-state index contributed by atoms with van der Waals surface area (Å²) in [4.78, 5) is 0.105. The van der Waals surface area contributed by atoms with E-state index in [4.69, 9.17) is 0 Å². The maximum absolute atomic E-state index is 13.8. The Labute approximate surface area is 141 Å². The van der Waals surface area contributed by atoms with Crippen molar-refractivity contribution in [1.82, 2.24) is 4.31 Å². The first kappa shape index (κ1) is 17.0. The summed E-state index contributed by atoms with van der Waals surface area (Å²) in [5, 5.41) is 0. The highest BCUT2D eigenvalue weighted by atomic mass is 32.2. The number of aryl methyl sites for hydroxylation is 2. The van der Waals surface area contributed by atoms with Gasteiger partial charge in [0, 0.05) is 6.54 Å². The van der Waals surface area contributed by atoms with E-state index in [1.165, 1.54) is 28.6 Å². The summed E-state index contributed by atoms with van der Waals surface area (Å²) in [6.45, 7) is 3.52. The molecule has 0 bridgehead atoms. The average Bonchev–Trinajstić information content (AvgIpc) is 3.03. The monoisotopic (exact) mass is 351 g/mol. The molecule has 1 heterocycles. The summed E-state index contributed by atoms with van der Waals surface area (Å²) in [6, 6.07) is 8.34. The number of hydrogen-bond donors (Lipinski definition) is 0. The van der Waals surface area contributed by atoms with Crippen LogP contribution in [0.5, 0.6) is 0 Å². The minimum atomic E-state index is -3.73. The van der Waals surface area contributed by atoms with Crippen molar-refractivity contribution in [3.05, 3.63) is 64.7 Å². The van der Waals surface area contributed by atoms with Crippen molar-refractivity contribution >= 4 is 10.0 Å². The second-order valence-electron chi connectivity index (χ2n) is 6.20. The molecule has 0 N–H and O–H groups in total. The summed E-state index contributed by atoms with van der Waals surface area (Å²) < 4.78 is 54.4. The number of hydrogen-bond acceptors (Lipinski definition) is 2. The van der Waals surface area contributed by atoms with Crippen molar-refractivity contribution in [3.63, 3.8) is 0 Å². The molecule has 6 heteroatoms. The molecule has 0 aromatic heterocycles. The molecule has 3 rings (SSSR count). The van der Waals surface area contributed by atoms with Crippen molar-refractivity contribution < 1.29 is 17.2 Å². The lowest BCUT2D eigenvalue weighted by atomic mass is 10.1. The third-order valence-electron chi connectivity index (χ3n) is 4.48. The predicted octanol–water partition coefficient (Wildman–Crippen LogP) is 4.11. The van der Waals surface area contributed by atoms with E-state index in [-0.39, 0.29) is 22.6 Å². The molecule has 1 atom stereocenters. The highest BCUT2D eigenvalue weighted by molar-refractivity contribution is 7.89. The van der Waals surface area contributed by atoms with Gasteiger partial charge in [-0.25, -0.2) is 17.2 Å². The maximum atomic E-state index is 13.8. The SMILES string of the molecule is Cc1cc(S(=O)(=O)N2CCC[C@H]2c2ccc(F)cc2)cc(C)c1F. The number of benzene rings is 2. The molecule has 1 saturated heterocycles. The van der Waals surface area contributed by atoms with Crippen molar-refractivity contribution in [1.29, 1.82) is 0 Å². The number of rotatable bonds is 3. The molecule has 24 heavy (non-hydrogen) atoms. The number of nitrogens with zero attached hydrogens (tertiary/aromatic N) is 1. The first-order valence-corrected chi connectivity index (χ1v) is 9.29. The quantitative estimate of drug-likeness (QED) is 0.835. The third kappa shape index (κ3) is 2.96. The van der Waals surface area contributed by atoms with Crippen molar-refractivity contribution in [2.24, 2.45) is 0 Å². The smallest absolute Gasteiger partial charge is 0.207 e. The van der Waals surface area contributed by atoms with E-state index in [9.17, 15) is 17.2 Å². The molecule has 2 aromatic carbocycles. The summed E-state index contributed by atoms with van der Waals surface area (Å²) in [7, 11) is -3.73. The van der Waals surface area contributed by atoms with Gasteiger partial charge in [0.2, 0.25) is 10.0 Å². The molecular weight excluding hydrogens is 332 g/mol. The minimum absolute atomic E-state index is 0.105. The van der Waals surface area contributed by atoms with Crippen LogP contribution in [-0.2, 0) is 10.0 Å². The molecule has 0 unspecified atom stereocenters. The molecule has 0 saturated carbocycles. The van der Waals surface area contributed by atoms with E-state index in [1.54, 1.807) is 26.0 Å². The van der Waals surface area contributed by atoms with Gasteiger partial charge in [-0.05, 0) is 67.6 Å². The predicted molar refractivity (Wildman–Crippen MR) is 88.1 cm³/mol. The van der Waals surface area contributed by atoms with Gasteiger partial charge in [-0.1, -0.05) is 12.1 Å². The summed E-state index contributed by atoms with van der Waals surface area (Å²) >= 11 is 0. The largest absolute Gasteiger partial charge is 0.243 e. The molecule has 0 spiro atoms. The molecule has 128 valence electrons. The van der Waals surface area contributed by atoms with Crippen LogP contribution in [0.2, 0.25) is 0 Å². The zero-order valence-corrected chi connectivity index (χ0v) is 14.4. The maximum Gasteiger partial charge on any atom is 0.243 e. The van der Waals surface area contributed by atoms with Gasteiger partial charge in [-0.15, -0.1) is 0 Å². The van der Waals surface area contributed by atoms with Crippen molar-refractivity contribution in [3.8, 4) is 0 Å². The molecule has 2 aromatic rings. The van der Waals surface area contributed by atoms with Gasteiger partial charge in [-0.3, -0.25) is 0 Å². The van der Waals surface area contributed by atoms with Crippen LogP contribution >= 0.6 is 0 Å². The van der Waals surface area contributed by atoms with Gasteiger partial charge in [0.15, 0.2) is 0 Å². The van der Waals surface area contributed by atoms with Crippen molar-refractivity contribution in [2.75, 3.05) is 6.54 Å². The van der Waals surface area contributed by atoms with Gasteiger partial charge in [0.1, 0.15) is 11.6 Å². The lowest BCUT2D eigenvalue weighted by Gasteiger charge is -2.25. The zero-order chi connectivity index (χ0) is 17.5. The Bertz CT molecular complexity index is 840. The molecule has 0 aliphatic carbocycles.